The third-order valence-electron chi connectivity index (χ3n) is 2.43. The van der Waals surface area contributed by atoms with Crippen molar-refractivity contribution in [3.63, 3.8) is 0 Å². The molecule has 0 spiro atoms. The summed E-state index contributed by atoms with van der Waals surface area (Å²) in [4.78, 5) is 0. The second kappa shape index (κ2) is 6.30. The summed E-state index contributed by atoms with van der Waals surface area (Å²) in [6.07, 6.45) is -0.0504. The van der Waals surface area contributed by atoms with Gasteiger partial charge in [0.2, 0.25) is 6.43 Å². The van der Waals surface area contributed by atoms with Crippen molar-refractivity contribution in [2.75, 3.05) is 0 Å². The first-order valence-electron chi connectivity index (χ1n) is 5.35. The van der Waals surface area contributed by atoms with Crippen LogP contribution in [0.15, 0.2) is 18.2 Å². The molecular weight excluding hydrogens is 214 g/mol. The Labute approximate surface area is 93.5 Å². The van der Waals surface area contributed by atoms with E-state index < -0.39 is 17.9 Å². The first-order valence-corrected chi connectivity index (χ1v) is 5.35. The monoisotopic (exact) mass is 228 g/mol. The zero-order chi connectivity index (χ0) is 12.0. The van der Waals surface area contributed by atoms with Crippen LogP contribution in [0.4, 0.5) is 8.78 Å². The Morgan fingerprint density at radius 3 is 2.50 bits per heavy atom. The number of benzene rings is 1. The Morgan fingerprint density at radius 2 is 1.81 bits per heavy atom. The molecule has 90 valence electrons. The zero-order valence-corrected chi connectivity index (χ0v) is 8.92. The quantitative estimate of drug-likeness (QED) is 0.701. The first kappa shape index (κ1) is 12.7. The lowest BCUT2D eigenvalue weighted by atomic mass is 10.0. The standard InChI is InChI=1S/C12H16F2O2/c13-11(14)8-3-1-2-5-9-6-4-7-10(15)12(9)16/h4,6-7,11,15-16H,1-3,5,8H2/p-2. The van der Waals surface area contributed by atoms with E-state index in [9.17, 15) is 19.0 Å². The zero-order valence-electron chi connectivity index (χ0n) is 8.92. The third kappa shape index (κ3) is 4.04. The maximum Gasteiger partial charge on any atom is 0.238 e. The number of hydrogen-bond acceptors (Lipinski definition) is 2. The molecule has 0 aliphatic carbocycles. The van der Waals surface area contributed by atoms with Crippen molar-refractivity contribution in [3.05, 3.63) is 23.8 Å². The predicted molar refractivity (Wildman–Crippen MR) is 53.5 cm³/mol. The Morgan fingerprint density at radius 1 is 1.06 bits per heavy atom. The Hall–Kier alpha value is -1.32. The molecule has 0 heterocycles. The molecule has 1 rings (SSSR count). The normalized spacial score (nSPS) is 10.9. The van der Waals surface area contributed by atoms with E-state index in [4.69, 9.17) is 0 Å². The van der Waals surface area contributed by atoms with Crippen LogP contribution in [0, 0.1) is 0 Å². The summed E-state index contributed by atoms with van der Waals surface area (Å²) in [5.74, 6) is -0.957. The molecule has 0 aliphatic rings. The minimum Gasteiger partial charge on any atom is -0.873 e. The van der Waals surface area contributed by atoms with Crippen molar-refractivity contribution in [1.29, 1.82) is 0 Å². The molecule has 0 saturated heterocycles. The summed E-state index contributed by atoms with van der Waals surface area (Å²) >= 11 is 0. The number of hydrogen-bond donors (Lipinski definition) is 0. The highest BCUT2D eigenvalue weighted by atomic mass is 19.3. The maximum atomic E-state index is 11.8. The van der Waals surface area contributed by atoms with Crippen LogP contribution in [0.25, 0.3) is 0 Å². The second-order valence-electron chi connectivity index (χ2n) is 3.73. The molecule has 0 amide bonds. The average Bonchev–Trinajstić information content (AvgIpc) is 2.23. The van der Waals surface area contributed by atoms with Crippen molar-refractivity contribution < 1.29 is 19.0 Å². The molecule has 0 unspecified atom stereocenters. The highest BCUT2D eigenvalue weighted by Gasteiger charge is 2.01. The molecule has 0 N–H and O–H groups in total. The fraction of sp³-hybridized carbons (Fsp3) is 0.500. The van der Waals surface area contributed by atoms with E-state index in [0.717, 1.165) is 0 Å². The van der Waals surface area contributed by atoms with Crippen molar-refractivity contribution in [2.24, 2.45) is 0 Å². The van der Waals surface area contributed by atoms with Gasteiger partial charge in [0, 0.05) is 6.42 Å². The Kier molecular flexibility index (Phi) is 5.02. The molecule has 0 aliphatic heterocycles. The van der Waals surface area contributed by atoms with Gasteiger partial charge in [0.1, 0.15) is 0 Å². The van der Waals surface area contributed by atoms with E-state index in [0.29, 0.717) is 31.2 Å². The SMILES string of the molecule is [O-]c1cccc(CCCCCC(F)F)c1[O-]. The van der Waals surface area contributed by atoms with Crippen LogP contribution >= 0.6 is 0 Å². The maximum absolute atomic E-state index is 11.8. The van der Waals surface area contributed by atoms with Crippen LogP contribution < -0.4 is 10.2 Å². The van der Waals surface area contributed by atoms with Gasteiger partial charge in [-0.15, -0.1) is 11.5 Å². The topological polar surface area (TPSA) is 46.1 Å². The predicted octanol–water partition coefficient (Wildman–Crippen LogP) is 2.20. The largest absolute Gasteiger partial charge is 0.873 e. The third-order valence-corrected chi connectivity index (χ3v) is 2.43. The number of halogens is 2. The lowest BCUT2D eigenvalue weighted by Gasteiger charge is -2.21. The van der Waals surface area contributed by atoms with Gasteiger partial charge < -0.3 is 10.2 Å². The van der Waals surface area contributed by atoms with Crippen LogP contribution in [0.1, 0.15) is 31.2 Å². The molecule has 2 nitrogen and oxygen atoms in total. The molecule has 0 atom stereocenters. The minimum absolute atomic E-state index is 0.0914. The number of alkyl halides is 2. The minimum atomic E-state index is -2.25. The van der Waals surface area contributed by atoms with Crippen molar-refractivity contribution in [1.82, 2.24) is 0 Å². The molecule has 16 heavy (non-hydrogen) atoms. The smallest absolute Gasteiger partial charge is 0.238 e. The highest BCUT2D eigenvalue weighted by molar-refractivity contribution is 5.42. The second-order valence-corrected chi connectivity index (χ2v) is 3.73. The van der Waals surface area contributed by atoms with E-state index in [1.165, 1.54) is 6.07 Å². The summed E-state index contributed by atoms with van der Waals surface area (Å²) in [5, 5.41) is 22.3. The highest BCUT2D eigenvalue weighted by Crippen LogP contribution is 2.24. The van der Waals surface area contributed by atoms with Crippen LogP contribution in [0.2, 0.25) is 0 Å². The molecule has 0 saturated carbocycles. The molecule has 4 heteroatoms. The van der Waals surface area contributed by atoms with Gasteiger partial charge in [-0.3, -0.25) is 0 Å². The molecule has 0 fully saturated rings. The Balaban J connectivity index is 2.29. The summed E-state index contributed by atoms with van der Waals surface area (Å²) in [6, 6.07) is 4.41. The van der Waals surface area contributed by atoms with Gasteiger partial charge in [-0.2, -0.15) is 0 Å². The van der Waals surface area contributed by atoms with Gasteiger partial charge in [0.25, 0.3) is 0 Å². The van der Waals surface area contributed by atoms with Gasteiger partial charge >= 0.3 is 0 Å². The molecule has 0 bridgehead atoms. The van der Waals surface area contributed by atoms with Gasteiger partial charge in [-0.25, -0.2) is 8.78 Å². The van der Waals surface area contributed by atoms with E-state index in [2.05, 4.69) is 0 Å². The molecule has 0 aromatic heterocycles. The van der Waals surface area contributed by atoms with Gasteiger partial charge in [-0.05, 0) is 19.3 Å². The molecule has 1 aromatic carbocycles. The fourth-order valence-electron chi connectivity index (χ4n) is 1.55. The van der Waals surface area contributed by atoms with Gasteiger partial charge in [0.05, 0.1) is 0 Å². The number of unbranched alkanes of at least 4 members (excludes halogenated alkanes) is 2. The van der Waals surface area contributed by atoms with E-state index in [1.54, 1.807) is 12.1 Å². The summed E-state index contributed by atoms with van der Waals surface area (Å²) < 4.78 is 23.6. The summed E-state index contributed by atoms with van der Waals surface area (Å²) in [6.45, 7) is 0. The van der Waals surface area contributed by atoms with Crippen LogP contribution in [-0.4, -0.2) is 6.43 Å². The molecular formula is C12H14F2O2-2. The van der Waals surface area contributed by atoms with E-state index in [-0.39, 0.29) is 6.42 Å². The fourth-order valence-corrected chi connectivity index (χ4v) is 1.55. The number of aryl methyl sites for hydroxylation is 1. The number of rotatable bonds is 6. The molecule has 0 radical (unpaired) electrons. The number of para-hydroxylation sites is 1. The van der Waals surface area contributed by atoms with Crippen molar-refractivity contribution >= 4 is 0 Å². The lowest BCUT2D eigenvalue weighted by molar-refractivity contribution is -0.318. The average molecular weight is 228 g/mol. The van der Waals surface area contributed by atoms with Gasteiger partial charge in [0.15, 0.2) is 0 Å². The summed E-state index contributed by atoms with van der Waals surface area (Å²) in [5.41, 5.74) is 0.490. The van der Waals surface area contributed by atoms with Crippen LogP contribution in [-0.2, 0) is 6.42 Å². The van der Waals surface area contributed by atoms with Crippen molar-refractivity contribution in [2.45, 2.75) is 38.5 Å². The lowest BCUT2D eigenvalue weighted by Crippen LogP contribution is -2.03. The van der Waals surface area contributed by atoms with Gasteiger partial charge in [-0.1, -0.05) is 30.2 Å². The van der Waals surface area contributed by atoms with Crippen LogP contribution in [0.5, 0.6) is 11.5 Å². The molecule has 1 aromatic rings. The van der Waals surface area contributed by atoms with Crippen molar-refractivity contribution in [3.8, 4) is 11.5 Å². The van der Waals surface area contributed by atoms with E-state index >= 15 is 0 Å². The van der Waals surface area contributed by atoms with Crippen LogP contribution in [0.3, 0.4) is 0 Å². The first-order chi connectivity index (χ1) is 7.61. The van der Waals surface area contributed by atoms with E-state index in [1.807, 2.05) is 0 Å². The summed E-state index contributed by atoms with van der Waals surface area (Å²) in [7, 11) is 0. The Bertz CT molecular complexity index is 327.